The number of hydrogen-bond donors (Lipinski definition) is 1. The first-order valence-electron chi connectivity index (χ1n) is 6.04. The highest BCUT2D eigenvalue weighted by Gasteiger charge is 2.43. The van der Waals surface area contributed by atoms with E-state index >= 15 is 0 Å². The fourth-order valence-corrected chi connectivity index (χ4v) is 1.97. The normalized spacial score (nSPS) is 22.6. The summed E-state index contributed by atoms with van der Waals surface area (Å²) in [6.07, 6.45) is -3.77. The van der Waals surface area contributed by atoms with E-state index in [0.29, 0.717) is 13.1 Å². The average molecular weight is 253 g/mol. The first-order chi connectivity index (χ1) is 7.89. The Kier molecular flexibility index (Phi) is 5.69. The maximum Gasteiger partial charge on any atom is 0.393 e. The molecule has 1 aliphatic rings. The SMILES string of the molecule is CN(C)CCNCCN1CCC(C(F)(F)F)C1. The molecule has 0 aliphatic carbocycles. The van der Waals surface area contributed by atoms with E-state index < -0.39 is 12.1 Å². The maximum absolute atomic E-state index is 12.4. The van der Waals surface area contributed by atoms with Crippen LogP contribution in [0, 0.1) is 5.92 Å². The molecule has 0 aromatic heterocycles. The second kappa shape index (κ2) is 6.56. The molecule has 17 heavy (non-hydrogen) atoms. The predicted octanol–water partition coefficient (Wildman–Crippen LogP) is 1.02. The molecule has 3 nitrogen and oxygen atoms in total. The highest BCUT2D eigenvalue weighted by molar-refractivity contribution is 4.80. The van der Waals surface area contributed by atoms with E-state index in [1.54, 1.807) is 0 Å². The zero-order chi connectivity index (χ0) is 12.9. The molecule has 0 aromatic rings. The lowest BCUT2D eigenvalue weighted by atomic mass is 10.1. The molecule has 1 rings (SSSR count). The van der Waals surface area contributed by atoms with Gasteiger partial charge in [-0.25, -0.2) is 0 Å². The molecule has 1 fully saturated rings. The van der Waals surface area contributed by atoms with E-state index in [2.05, 4.69) is 10.2 Å². The van der Waals surface area contributed by atoms with E-state index in [4.69, 9.17) is 0 Å². The van der Waals surface area contributed by atoms with E-state index in [-0.39, 0.29) is 13.0 Å². The topological polar surface area (TPSA) is 18.5 Å². The Hall–Kier alpha value is -0.330. The molecule has 1 atom stereocenters. The van der Waals surface area contributed by atoms with Gasteiger partial charge in [0.15, 0.2) is 0 Å². The van der Waals surface area contributed by atoms with Crippen molar-refractivity contribution in [1.82, 2.24) is 15.1 Å². The van der Waals surface area contributed by atoms with Crippen molar-refractivity contribution < 1.29 is 13.2 Å². The van der Waals surface area contributed by atoms with Crippen LogP contribution < -0.4 is 5.32 Å². The molecule has 0 bridgehead atoms. The van der Waals surface area contributed by atoms with Crippen LogP contribution in [-0.4, -0.2) is 69.3 Å². The van der Waals surface area contributed by atoms with Gasteiger partial charge < -0.3 is 15.1 Å². The standard InChI is InChI=1S/C11H22F3N3/c1-16(2)7-4-15-5-8-17-6-3-10(9-17)11(12,13)14/h10,15H,3-9H2,1-2H3. The maximum atomic E-state index is 12.4. The minimum absolute atomic E-state index is 0.166. The third-order valence-corrected chi connectivity index (χ3v) is 3.08. The quantitative estimate of drug-likeness (QED) is 0.713. The van der Waals surface area contributed by atoms with Gasteiger partial charge in [0, 0.05) is 32.7 Å². The van der Waals surface area contributed by atoms with Crippen LogP contribution in [-0.2, 0) is 0 Å². The van der Waals surface area contributed by atoms with Crippen molar-refractivity contribution in [3.05, 3.63) is 0 Å². The number of halogens is 3. The molecule has 0 spiro atoms. The zero-order valence-electron chi connectivity index (χ0n) is 10.6. The largest absolute Gasteiger partial charge is 0.393 e. The van der Waals surface area contributed by atoms with Crippen LogP contribution in [0.25, 0.3) is 0 Å². The van der Waals surface area contributed by atoms with Crippen LogP contribution in [0.5, 0.6) is 0 Å². The molecule has 0 saturated carbocycles. The molecular formula is C11H22F3N3. The van der Waals surface area contributed by atoms with Gasteiger partial charge in [0.25, 0.3) is 0 Å². The van der Waals surface area contributed by atoms with Gasteiger partial charge in [-0.05, 0) is 27.1 Å². The van der Waals surface area contributed by atoms with Crippen molar-refractivity contribution in [3.8, 4) is 0 Å². The van der Waals surface area contributed by atoms with Gasteiger partial charge in [0.1, 0.15) is 0 Å². The van der Waals surface area contributed by atoms with Crippen LogP contribution in [0.4, 0.5) is 13.2 Å². The molecule has 1 saturated heterocycles. The molecule has 1 unspecified atom stereocenters. The summed E-state index contributed by atoms with van der Waals surface area (Å²) in [5.74, 6) is -1.12. The summed E-state index contributed by atoms with van der Waals surface area (Å²) in [7, 11) is 3.99. The lowest BCUT2D eigenvalue weighted by Gasteiger charge is -2.18. The van der Waals surface area contributed by atoms with Crippen LogP contribution >= 0.6 is 0 Å². The summed E-state index contributed by atoms with van der Waals surface area (Å²) in [4.78, 5) is 3.96. The highest BCUT2D eigenvalue weighted by Crippen LogP contribution is 2.33. The number of nitrogens with one attached hydrogen (secondary N) is 1. The summed E-state index contributed by atoms with van der Waals surface area (Å²) in [6, 6.07) is 0. The van der Waals surface area contributed by atoms with Crippen LogP contribution in [0.3, 0.4) is 0 Å². The Morgan fingerprint density at radius 3 is 2.53 bits per heavy atom. The third-order valence-electron chi connectivity index (χ3n) is 3.08. The molecule has 0 aromatic carbocycles. The fourth-order valence-electron chi connectivity index (χ4n) is 1.97. The number of likely N-dealkylation sites (tertiary alicyclic amines) is 1. The second-order valence-corrected chi connectivity index (χ2v) is 4.88. The van der Waals surface area contributed by atoms with Crippen molar-refractivity contribution in [1.29, 1.82) is 0 Å². The van der Waals surface area contributed by atoms with Gasteiger partial charge in [-0.1, -0.05) is 0 Å². The number of hydrogen-bond acceptors (Lipinski definition) is 3. The lowest BCUT2D eigenvalue weighted by Crippen LogP contribution is -2.35. The van der Waals surface area contributed by atoms with E-state index in [0.717, 1.165) is 19.6 Å². The third kappa shape index (κ3) is 5.70. The van der Waals surface area contributed by atoms with Gasteiger partial charge in [-0.15, -0.1) is 0 Å². The van der Waals surface area contributed by atoms with Crippen LogP contribution in [0.15, 0.2) is 0 Å². The van der Waals surface area contributed by atoms with E-state index in [1.807, 2.05) is 19.0 Å². The summed E-state index contributed by atoms with van der Waals surface area (Å²) < 4.78 is 37.3. The number of alkyl halides is 3. The van der Waals surface area contributed by atoms with Crippen LogP contribution in [0.2, 0.25) is 0 Å². The fraction of sp³-hybridized carbons (Fsp3) is 1.00. The van der Waals surface area contributed by atoms with Crippen molar-refractivity contribution in [3.63, 3.8) is 0 Å². The first kappa shape index (κ1) is 14.7. The van der Waals surface area contributed by atoms with Gasteiger partial charge in [0.05, 0.1) is 5.92 Å². The Morgan fingerprint density at radius 2 is 2.00 bits per heavy atom. The van der Waals surface area contributed by atoms with Gasteiger partial charge >= 0.3 is 6.18 Å². The monoisotopic (exact) mass is 253 g/mol. The Bertz CT molecular complexity index is 218. The van der Waals surface area contributed by atoms with Gasteiger partial charge in [0.2, 0.25) is 0 Å². The summed E-state index contributed by atoms with van der Waals surface area (Å²) in [5, 5.41) is 3.23. The Morgan fingerprint density at radius 1 is 1.29 bits per heavy atom. The number of likely N-dealkylation sites (N-methyl/N-ethyl adjacent to an activating group) is 1. The van der Waals surface area contributed by atoms with Crippen molar-refractivity contribution in [2.45, 2.75) is 12.6 Å². The van der Waals surface area contributed by atoms with Crippen molar-refractivity contribution in [2.75, 3.05) is 53.4 Å². The van der Waals surface area contributed by atoms with Crippen molar-refractivity contribution in [2.24, 2.45) is 5.92 Å². The van der Waals surface area contributed by atoms with Gasteiger partial charge in [-0.3, -0.25) is 0 Å². The molecule has 6 heteroatoms. The summed E-state index contributed by atoms with van der Waals surface area (Å²) in [6.45, 7) is 4.03. The van der Waals surface area contributed by atoms with E-state index in [9.17, 15) is 13.2 Å². The molecule has 0 amide bonds. The molecule has 1 heterocycles. The summed E-state index contributed by atoms with van der Waals surface area (Å²) in [5.41, 5.74) is 0. The average Bonchev–Trinajstić information content (AvgIpc) is 2.64. The first-order valence-corrected chi connectivity index (χ1v) is 6.04. The Balaban J connectivity index is 2.06. The molecular weight excluding hydrogens is 231 g/mol. The molecule has 1 N–H and O–H groups in total. The molecule has 0 radical (unpaired) electrons. The predicted molar refractivity (Wildman–Crippen MR) is 62.0 cm³/mol. The van der Waals surface area contributed by atoms with Crippen LogP contribution in [0.1, 0.15) is 6.42 Å². The van der Waals surface area contributed by atoms with Crippen molar-refractivity contribution >= 4 is 0 Å². The molecule has 102 valence electrons. The van der Waals surface area contributed by atoms with Gasteiger partial charge in [-0.2, -0.15) is 13.2 Å². The highest BCUT2D eigenvalue weighted by atomic mass is 19.4. The second-order valence-electron chi connectivity index (χ2n) is 4.88. The minimum atomic E-state index is -4.02. The number of nitrogens with zero attached hydrogens (tertiary/aromatic N) is 2. The smallest absolute Gasteiger partial charge is 0.314 e. The summed E-state index contributed by atoms with van der Waals surface area (Å²) >= 11 is 0. The number of rotatable bonds is 6. The lowest BCUT2D eigenvalue weighted by molar-refractivity contribution is -0.170. The zero-order valence-corrected chi connectivity index (χ0v) is 10.6. The minimum Gasteiger partial charge on any atom is -0.314 e. The molecule has 1 aliphatic heterocycles. The van der Waals surface area contributed by atoms with E-state index in [1.165, 1.54) is 0 Å². The Labute approximate surface area is 101 Å².